The number of nitrogens with one attached hydrogen (secondary N) is 1. The molecule has 8 heteroatoms. The van der Waals surface area contributed by atoms with Gasteiger partial charge in [-0.25, -0.2) is 9.67 Å². The van der Waals surface area contributed by atoms with Crippen LogP contribution in [0.3, 0.4) is 0 Å². The van der Waals surface area contributed by atoms with Crippen LogP contribution in [0, 0.1) is 0 Å². The lowest BCUT2D eigenvalue weighted by molar-refractivity contribution is -0.118. The number of pyridine rings is 1. The molecule has 1 atom stereocenters. The number of hydrogen-bond donors (Lipinski definition) is 1. The Hall–Kier alpha value is -4.04. The van der Waals surface area contributed by atoms with E-state index in [1.165, 1.54) is 16.9 Å². The summed E-state index contributed by atoms with van der Waals surface area (Å²) in [6, 6.07) is 19.7. The van der Waals surface area contributed by atoms with Crippen molar-refractivity contribution in [3.63, 3.8) is 0 Å². The number of amides is 1. The Balaban J connectivity index is 1.59. The van der Waals surface area contributed by atoms with Crippen molar-refractivity contribution in [2.75, 3.05) is 11.9 Å². The van der Waals surface area contributed by atoms with Gasteiger partial charge in [-0.2, -0.15) is 5.10 Å². The third kappa shape index (κ3) is 4.61. The molecular weight excluding hydrogens is 434 g/mol. The Morgan fingerprint density at radius 3 is 2.88 bits per heavy atom. The molecule has 1 unspecified atom stereocenters. The first-order chi connectivity index (χ1) is 16.2. The second-order valence-electron chi connectivity index (χ2n) is 7.55. The molecule has 0 aliphatic carbocycles. The lowest BCUT2D eigenvalue weighted by Crippen LogP contribution is -2.25. The zero-order valence-electron chi connectivity index (χ0n) is 17.9. The molecule has 4 aromatic rings. The Bertz CT molecular complexity index is 1380. The monoisotopic (exact) mass is 455 g/mol. The average molecular weight is 456 g/mol. The number of fused-ring (bicyclic) bond motifs is 1. The highest BCUT2D eigenvalue weighted by Crippen LogP contribution is 2.33. The molecule has 0 radical (unpaired) electrons. The van der Waals surface area contributed by atoms with Crippen LogP contribution in [0.15, 0.2) is 88.5 Å². The summed E-state index contributed by atoms with van der Waals surface area (Å²) in [5, 5.41) is 9.69. The number of ether oxygens (including phenoxy) is 1. The zero-order chi connectivity index (χ0) is 22.6. The second-order valence-corrected chi connectivity index (χ2v) is 8.39. The molecule has 0 spiro atoms. The van der Waals surface area contributed by atoms with Gasteiger partial charge < -0.3 is 10.1 Å². The highest BCUT2D eigenvalue weighted by molar-refractivity contribution is 7.07. The van der Waals surface area contributed by atoms with E-state index < -0.39 is 0 Å². The van der Waals surface area contributed by atoms with Crippen molar-refractivity contribution in [3.8, 4) is 17.0 Å². The molecule has 0 bridgehead atoms. The first-order valence-corrected chi connectivity index (χ1v) is 11.4. The number of benzene rings is 2. The normalized spacial score (nSPS) is 14.6. The fraction of sp³-hybridized carbons (Fsp3) is 0.120. The van der Waals surface area contributed by atoms with Crippen LogP contribution >= 0.6 is 11.3 Å². The third-order valence-electron chi connectivity index (χ3n) is 5.20. The lowest BCUT2D eigenvalue weighted by atomic mass is 10.0. The maximum absolute atomic E-state index is 11.8. The van der Waals surface area contributed by atoms with E-state index in [0.29, 0.717) is 16.2 Å². The maximum atomic E-state index is 11.8. The van der Waals surface area contributed by atoms with Crippen LogP contribution in [0.1, 0.15) is 18.4 Å². The quantitative estimate of drug-likeness (QED) is 0.439. The molecule has 1 N–H and O–H groups in total. The molecule has 1 amide bonds. The van der Waals surface area contributed by atoms with E-state index >= 15 is 0 Å². The van der Waals surface area contributed by atoms with Crippen molar-refractivity contribution in [1.82, 2.24) is 9.66 Å². The summed E-state index contributed by atoms with van der Waals surface area (Å²) in [7, 11) is 0. The Kier molecular flexibility index (Phi) is 5.82. The van der Waals surface area contributed by atoms with E-state index in [2.05, 4.69) is 29.4 Å². The van der Waals surface area contributed by atoms with E-state index in [1.54, 1.807) is 12.4 Å². The number of anilines is 1. The molecule has 164 valence electrons. The van der Waals surface area contributed by atoms with Gasteiger partial charge in [-0.05, 0) is 35.9 Å². The molecule has 1 aliphatic rings. The van der Waals surface area contributed by atoms with Gasteiger partial charge in [0.15, 0.2) is 6.61 Å². The largest absolute Gasteiger partial charge is 0.482 e. The van der Waals surface area contributed by atoms with E-state index in [9.17, 15) is 4.79 Å². The smallest absolute Gasteiger partial charge is 0.262 e. The molecular formula is C25H21N5O2S. The second kappa shape index (κ2) is 9.22. The molecule has 7 nitrogen and oxygen atoms in total. The molecule has 0 saturated heterocycles. The van der Waals surface area contributed by atoms with Crippen molar-refractivity contribution in [2.45, 2.75) is 12.8 Å². The molecule has 0 fully saturated rings. The van der Waals surface area contributed by atoms with Gasteiger partial charge >= 0.3 is 0 Å². The third-order valence-corrected chi connectivity index (χ3v) is 6.01. The zero-order valence-corrected chi connectivity index (χ0v) is 18.7. The standard InChI is InChI=1S/C25H21N5O2S/c1-17(18-6-3-2-4-7-18)13-27-30-22(16-33-25(30)28-20-8-5-11-26-14-20)19-9-10-23-21(12-19)29-24(31)15-32-23/h2-14,16-17H,15H2,1H3,(H,29,31). The molecule has 33 heavy (non-hydrogen) atoms. The first kappa shape index (κ1) is 20.8. The summed E-state index contributed by atoms with van der Waals surface area (Å²) in [4.78, 5) is 21.4. The predicted octanol–water partition coefficient (Wildman–Crippen LogP) is 4.81. The highest BCUT2D eigenvalue weighted by Gasteiger charge is 2.18. The van der Waals surface area contributed by atoms with Crippen molar-refractivity contribution in [1.29, 1.82) is 0 Å². The van der Waals surface area contributed by atoms with Gasteiger partial charge in [0.25, 0.3) is 5.91 Å². The van der Waals surface area contributed by atoms with Gasteiger partial charge in [-0.15, -0.1) is 11.3 Å². The summed E-state index contributed by atoms with van der Waals surface area (Å²) < 4.78 is 7.32. The number of hydrogen-bond acceptors (Lipinski definition) is 6. The van der Waals surface area contributed by atoms with Gasteiger partial charge in [0, 0.05) is 29.3 Å². The SMILES string of the molecule is CC(C=Nn1c(-c2ccc3c(c2)NC(=O)CO3)csc1=Nc1cccnc1)c1ccccc1. The minimum Gasteiger partial charge on any atom is -0.482 e. The summed E-state index contributed by atoms with van der Waals surface area (Å²) in [6.45, 7) is 2.13. The molecule has 2 aromatic heterocycles. The number of carbonyl (C=O) groups excluding carboxylic acids is 1. The van der Waals surface area contributed by atoms with Gasteiger partial charge in [0.05, 0.1) is 23.3 Å². The van der Waals surface area contributed by atoms with Crippen molar-refractivity contribution >= 4 is 34.8 Å². The lowest BCUT2D eigenvalue weighted by Gasteiger charge is -2.18. The number of thiazole rings is 1. The Labute approximate surface area is 194 Å². The van der Waals surface area contributed by atoms with Crippen LogP contribution in [-0.2, 0) is 4.79 Å². The highest BCUT2D eigenvalue weighted by atomic mass is 32.1. The van der Waals surface area contributed by atoms with Crippen molar-refractivity contribution < 1.29 is 9.53 Å². The fourth-order valence-corrected chi connectivity index (χ4v) is 4.33. The predicted molar refractivity (Wildman–Crippen MR) is 130 cm³/mol. The molecule has 2 aromatic carbocycles. The minimum atomic E-state index is -0.167. The number of nitrogens with zero attached hydrogens (tertiary/aromatic N) is 4. The Morgan fingerprint density at radius 2 is 2.06 bits per heavy atom. The number of carbonyl (C=O) groups is 1. The van der Waals surface area contributed by atoms with E-state index in [4.69, 9.17) is 14.8 Å². The van der Waals surface area contributed by atoms with E-state index in [0.717, 1.165) is 16.9 Å². The van der Waals surface area contributed by atoms with Crippen LogP contribution in [0.5, 0.6) is 5.75 Å². The van der Waals surface area contributed by atoms with Gasteiger partial charge in [0.1, 0.15) is 5.75 Å². The topological polar surface area (TPSA) is 80.9 Å². The molecule has 0 saturated carbocycles. The average Bonchev–Trinajstić information content (AvgIpc) is 3.25. The summed E-state index contributed by atoms with van der Waals surface area (Å²) in [5.74, 6) is 0.607. The summed E-state index contributed by atoms with van der Waals surface area (Å²) in [6.07, 6.45) is 5.35. The minimum absolute atomic E-state index is 0.0284. The van der Waals surface area contributed by atoms with E-state index in [1.807, 2.05) is 64.8 Å². The van der Waals surface area contributed by atoms with Gasteiger partial charge in [0.2, 0.25) is 4.80 Å². The maximum Gasteiger partial charge on any atom is 0.262 e. The fourth-order valence-electron chi connectivity index (χ4n) is 3.47. The van der Waals surface area contributed by atoms with Crippen LogP contribution < -0.4 is 14.9 Å². The van der Waals surface area contributed by atoms with E-state index in [-0.39, 0.29) is 18.4 Å². The summed E-state index contributed by atoms with van der Waals surface area (Å²) in [5.41, 5.74) is 4.33. The summed E-state index contributed by atoms with van der Waals surface area (Å²) >= 11 is 1.49. The van der Waals surface area contributed by atoms with Crippen LogP contribution in [0.4, 0.5) is 11.4 Å². The first-order valence-electron chi connectivity index (χ1n) is 10.5. The Morgan fingerprint density at radius 1 is 1.18 bits per heavy atom. The van der Waals surface area contributed by atoms with Gasteiger partial charge in [-0.1, -0.05) is 37.3 Å². The van der Waals surface area contributed by atoms with Crippen LogP contribution in [-0.4, -0.2) is 28.4 Å². The van der Waals surface area contributed by atoms with Crippen molar-refractivity contribution in [3.05, 3.63) is 88.8 Å². The van der Waals surface area contributed by atoms with Crippen LogP contribution in [0.2, 0.25) is 0 Å². The number of rotatable bonds is 5. The molecule has 3 heterocycles. The molecule has 1 aliphatic heterocycles. The van der Waals surface area contributed by atoms with Crippen molar-refractivity contribution in [2.24, 2.45) is 10.1 Å². The van der Waals surface area contributed by atoms with Crippen LogP contribution in [0.25, 0.3) is 11.3 Å². The molecule has 5 rings (SSSR count). The van der Waals surface area contributed by atoms with Gasteiger partial charge in [-0.3, -0.25) is 9.78 Å². The number of aromatic nitrogens is 2.